The Hall–Kier alpha value is -2.63. The summed E-state index contributed by atoms with van der Waals surface area (Å²) in [6, 6.07) is 8.54. The van der Waals surface area contributed by atoms with Crippen LogP contribution in [0.4, 0.5) is 0 Å². The molecular weight excluding hydrogens is 388 g/mol. The number of hydrogen-bond acceptors (Lipinski definition) is 3. The molecule has 3 rings (SSSR count). The Morgan fingerprint density at radius 3 is 2.42 bits per heavy atom. The Labute approximate surface area is 186 Å². The summed E-state index contributed by atoms with van der Waals surface area (Å²) < 4.78 is 1.87. The van der Waals surface area contributed by atoms with Gasteiger partial charge in [0.1, 0.15) is 0 Å². The van der Waals surface area contributed by atoms with E-state index in [-0.39, 0.29) is 23.4 Å². The van der Waals surface area contributed by atoms with Crippen molar-refractivity contribution in [1.82, 2.24) is 20.0 Å². The minimum absolute atomic E-state index is 0.0851. The van der Waals surface area contributed by atoms with Gasteiger partial charge in [-0.2, -0.15) is 5.10 Å². The second kappa shape index (κ2) is 9.25. The van der Waals surface area contributed by atoms with Gasteiger partial charge in [-0.3, -0.25) is 14.3 Å². The summed E-state index contributed by atoms with van der Waals surface area (Å²) in [5.74, 6) is 0.212. The maximum absolute atomic E-state index is 13.3. The van der Waals surface area contributed by atoms with Crippen LogP contribution in [0.15, 0.2) is 24.3 Å². The molecule has 168 valence electrons. The van der Waals surface area contributed by atoms with Crippen molar-refractivity contribution in [3.63, 3.8) is 0 Å². The molecule has 0 bridgehead atoms. The van der Waals surface area contributed by atoms with Gasteiger partial charge in [-0.05, 0) is 59.4 Å². The number of amides is 2. The third-order valence-corrected chi connectivity index (χ3v) is 6.65. The van der Waals surface area contributed by atoms with Crippen LogP contribution >= 0.6 is 0 Å². The van der Waals surface area contributed by atoms with E-state index in [9.17, 15) is 9.59 Å². The zero-order valence-electron chi connectivity index (χ0n) is 19.8. The highest BCUT2D eigenvalue weighted by Crippen LogP contribution is 2.30. The molecule has 0 aliphatic carbocycles. The summed E-state index contributed by atoms with van der Waals surface area (Å²) in [5.41, 5.74) is 5.25. The van der Waals surface area contributed by atoms with E-state index >= 15 is 0 Å². The van der Waals surface area contributed by atoms with Gasteiger partial charge in [-0.1, -0.05) is 29.8 Å². The minimum Gasteiger partial charge on any atom is -0.350 e. The largest absolute Gasteiger partial charge is 0.350 e. The molecule has 1 aliphatic heterocycles. The van der Waals surface area contributed by atoms with Crippen LogP contribution < -0.4 is 5.32 Å². The molecular formula is C25H36N4O2. The molecule has 1 aromatic heterocycles. The van der Waals surface area contributed by atoms with Crippen LogP contribution in [0.5, 0.6) is 0 Å². The van der Waals surface area contributed by atoms with E-state index in [0.29, 0.717) is 25.8 Å². The molecule has 0 spiro atoms. The fourth-order valence-corrected chi connectivity index (χ4v) is 4.54. The molecule has 2 heterocycles. The fraction of sp³-hybridized carbons (Fsp3) is 0.560. The molecule has 2 aromatic rings. The highest BCUT2D eigenvalue weighted by Gasteiger charge is 2.38. The number of carbonyl (C=O) groups excluding carboxylic acids is 2. The molecule has 1 N–H and O–H groups in total. The zero-order valence-corrected chi connectivity index (χ0v) is 19.8. The standard InChI is InChI=1S/C25H36N4O2/c1-17(2)29(16-22-19(4)27-28(6)20(22)5)24(31)12-14-25(13-11-23(30)26-25)15-21-9-7-18(3)8-10-21/h7-10,17H,11-16H2,1-6H3,(H,26,30). The quantitative estimate of drug-likeness (QED) is 0.702. The summed E-state index contributed by atoms with van der Waals surface area (Å²) in [6.07, 6.45) is 3.13. The van der Waals surface area contributed by atoms with Gasteiger partial charge in [0, 0.05) is 49.3 Å². The second-order valence-electron chi connectivity index (χ2n) is 9.38. The number of aromatic nitrogens is 2. The van der Waals surface area contributed by atoms with Crippen molar-refractivity contribution >= 4 is 11.8 Å². The lowest BCUT2D eigenvalue weighted by molar-refractivity contribution is -0.134. The smallest absolute Gasteiger partial charge is 0.223 e. The molecule has 1 aliphatic rings. The topological polar surface area (TPSA) is 67.2 Å². The Kier molecular flexibility index (Phi) is 6.87. The first-order valence-corrected chi connectivity index (χ1v) is 11.3. The first-order valence-electron chi connectivity index (χ1n) is 11.3. The van der Waals surface area contributed by atoms with Crippen LogP contribution in [0.1, 0.15) is 67.6 Å². The van der Waals surface area contributed by atoms with Crippen molar-refractivity contribution < 1.29 is 9.59 Å². The lowest BCUT2D eigenvalue weighted by atomic mass is 9.84. The van der Waals surface area contributed by atoms with Crippen molar-refractivity contribution in [2.45, 2.75) is 84.8 Å². The first kappa shape index (κ1) is 23.0. The normalized spacial score (nSPS) is 18.5. The van der Waals surface area contributed by atoms with Crippen LogP contribution in [0, 0.1) is 20.8 Å². The number of rotatable bonds is 8. The molecule has 6 heteroatoms. The van der Waals surface area contributed by atoms with Crippen LogP contribution in [-0.2, 0) is 29.6 Å². The Morgan fingerprint density at radius 2 is 1.90 bits per heavy atom. The number of nitrogens with one attached hydrogen (secondary N) is 1. The van der Waals surface area contributed by atoms with Gasteiger partial charge in [0.15, 0.2) is 0 Å². The predicted molar refractivity (Wildman–Crippen MR) is 123 cm³/mol. The average molecular weight is 425 g/mol. The summed E-state index contributed by atoms with van der Waals surface area (Å²) >= 11 is 0. The van der Waals surface area contributed by atoms with Crippen molar-refractivity contribution in [3.8, 4) is 0 Å². The van der Waals surface area contributed by atoms with E-state index in [1.54, 1.807) is 0 Å². The van der Waals surface area contributed by atoms with Crippen LogP contribution in [0.25, 0.3) is 0 Å². The number of nitrogens with zero attached hydrogens (tertiary/aromatic N) is 3. The summed E-state index contributed by atoms with van der Waals surface area (Å²) in [5, 5.41) is 7.70. The minimum atomic E-state index is -0.342. The summed E-state index contributed by atoms with van der Waals surface area (Å²) in [6.45, 7) is 10.8. The Balaban J connectivity index is 1.72. The Bertz CT molecular complexity index is 945. The van der Waals surface area contributed by atoms with E-state index in [1.165, 1.54) is 11.1 Å². The molecule has 0 saturated carbocycles. The fourth-order valence-electron chi connectivity index (χ4n) is 4.54. The molecule has 1 atom stereocenters. The highest BCUT2D eigenvalue weighted by atomic mass is 16.2. The first-order chi connectivity index (χ1) is 14.6. The maximum Gasteiger partial charge on any atom is 0.223 e. The van der Waals surface area contributed by atoms with Gasteiger partial charge in [0.2, 0.25) is 11.8 Å². The van der Waals surface area contributed by atoms with E-state index in [1.807, 2.05) is 30.5 Å². The lowest BCUT2D eigenvalue weighted by Crippen LogP contribution is -2.45. The van der Waals surface area contributed by atoms with Crippen molar-refractivity contribution in [2.75, 3.05) is 0 Å². The number of carbonyl (C=O) groups is 2. The summed E-state index contributed by atoms with van der Waals surface area (Å²) in [4.78, 5) is 27.3. The second-order valence-corrected chi connectivity index (χ2v) is 9.38. The third kappa shape index (κ3) is 5.35. The highest BCUT2D eigenvalue weighted by molar-refractivity contribution is 5.80. The van der Waals surface area contributed by atoms with E-state index in [4.69, 9.17) is 0 Å². The lowest BCUT2D eigenvalue weighted by Gasteiger charge is -2.32. The van der Waals surface area contributed by atoms with Gasteiger partial charge in [-0.25, -0.2) is 0 Å². The molecule has 31 heavy (non-hydrogen) atoms. The molecule has 1 unspecified atom stereocenters. The van der Waals surface area contributed by atoms with E-state index in [0.717, 1.165) is 29.8 Å². The van der Waals surface area contributed by atoms with Gasteiger partial charge in [0.05, 0.1) is 5.69 Å². The molecule has 0 radical (unpaired) electrons. The van der Waals surface area contributed by atoms with Crippen LogP contribution in [0.3, 0.4) is 0 Å². The average Bonchev–Trinajstić information content (AvgIpc) is 3.19. The molecule has 2 amide bonds. The van der Waals surface area contributed by atoms with Crippen molar-refractivity contribution in [2.24, 2.45) is 7.05 Å². The van der Waals surface area contributed by atoms with Gasteiger partial charge >= 0.3 is 0 Å². The zero-order chi connectivity index (χ0) is 22.8. The van der Waals surface area contributed by atoms with Gasteiger partial charge in [0.25, 0.3) is 0 Å². The SMILES string of the molecule is Cc1ccc(CC2(CCC(=O)N(Cc3c(C)nn(C)c3C)C(C)C)CCC(=O)N2)cc1. The molecule has 1 aromatic carbocycles. The summed E-state index contributed by atoms with van der Waals surface area (Å²) in [7, 11) is 1.94. The third-order valence-electron chi connectivity index (χ3n) is 6.65. The van der Waals surface area contributed by atoms with E-state index in [2.05, 4.69) is 55.5 Å². The monoisotopic (exact) mass is 424 g/mol. The van der Waals surface area contributed by atoms with E-state index < -0.39 is 0 Å². The number of hydrogen-bond donors (Lipinski definition) is 1. The molecule has 1 saturated heterocycles. The Morgan fingerprint density at radius 1 is 1.23 bits per heavy atom. The number of benzene rings is 1. The number of aryl methyl sites for hydroxylation is 3. The van der Waals surface area contributed by atoms with Crippen LogP contribution in [-0.4, -0.2) is 38.1 Å². The van der Waals surface area contributed by atoms with Gasteiger partial charge < -0.3 is 10.2 Å². The molecule has 1 fully saturated rings. The van der Waals surface area contributed by atoms with Crippen LogP contribution in [0.2, 0.25) is 0 Å². The van der Waals surface area contributed by atoms with Crippen molar-refractivity contribution in [1.29, 1.82) is 0 Å². The van der Waals surface area contributed by atoms with Crippen molar-refractivity contribution in [3.05, 3.63) is 52.3 Å². The predicted octanol–water partition coefficient (Wildman–Crippen LogP) is 3.75. The molecule has 6 nitrogen and oxygen atoms in total. The maximum atomic E-state index is 13.3. The van der Waals surface area contributed by atoms with Gasteiger partial charge in [-0.15, -0.1) is 0 Å².